The zero-order valence-corrected chi connectivity index (χ0v) is 27.2. The Hall–Kier alpha value is -3.20. The Morgan fingerprint density at radius 3 is 2.33 bits per heavy atom. The summed E-state index contributed by atoms with van der Waals surface area (Å²) in [5.74, 6) is -2.95. The van der Waals surface area contributed by atoms with E-state index >= 15 is 0 Å². The van der Waals surface area contributed by atoms with Gasteiger partial charge in [0, 0.05) is 22.0 Å². The number of carboxylic acid groups (broad SMARTS) is 1. The van der Waals surface area contributed by atoms with Crippen molar-refractivity contribution in [1.29, 1.82) is 0 Å². The molecule has 45 heavy (non-hydrogen) atoms. The summed E-state index contributed by atoms with van der Waals surface area (Å²) in [6.45, 7) is 5.56. The van der Waals surface area contributed by atoms with E-state index in [2.05, 4.69) is 6.58 Å². The maximum atomic E-state index is 14.9. The molecule has 3 aromatic carbocycles. The van der Waals surface area contributed by atoms with Crippen molar-refractivity contribution in [2.45, 2.75) is 62.3 Å². The average molecular weight is 673 g/mol. The number of carbonyl (C=O) groups excluding carboxylic acids is 1. The second-order valence-electron chi connectivity index (χ2n) is 12.2. The van der Waals surface area contributed by atoms with E-state index < -0.39 is 62.5 Å². The van der Waals surface area contributed by atoms with Crippen molar-refractivity contribution < 1.29 is 27.5 Å². The van der Waals surface area contributed by atoms with Crippen LogP contribution in [-0.2, 0) is 19.4 Å². The molecule has 0 aromatic heterocycles. The fourth-order valence-electron chi connectivity index (χ4n) is 6.96. The summed E-state index contributed by atoms with van der Waals surface area (Å²) in [6.07, 6.45) is 2.82. The highest BCUT2D eigenvalue weighted by atomic mass is 35.5. The molecule has 1 N–H and O–H groups in total. The third-order valence-electron chi connectivity index (χ3n) is 9.34. The van der Waals surface area contributed by atoms with Crippen molar-refractivity contribution in [1.82, 2.24) is 4.90 Å². The number of benzene rings is 3. The van der Waals surface area contributed by atoms with E-state index in [4.69, 9.17) is 23.2 Å². The SMILES string of the molecule is C=CC(c1cccc(F)c1)S(=O)(=O)CC(C1CC1)N1C(=O)C(CC)(CC(=O)O)CC(c2cccc(Cl)c2)C1c1ccc(Cl)cc1. The van der Waals surface area contributed by atoms with E-state index in [0.717, 1.165) is 24.0 Å². The lowest BCUT2D eigenvalue weighted by molar-refractivity contribution is -0.162. The average Bonchev–Trinajstić information content (AvgIpc) is 3.83. The van der Waals surface area contributed by atoms with Crippen molar-refractivity contribution in [3.8, 4) is 0 Å². The topological polar surface area (TPSA) is 91.8 Å². The molecule has 1 aliphatic heterocycles. The molecule has 238 valence electrons. The van der Waals surface area contributed by atoms with Gasteiger partial charge in [-0.2, -0.15) is 0 Å². The van der Waals surface area contributed by atoms with Crippen LogP contribution < -0.4 is 0 Å². The van der Waals surface area contributed by atoms with Gasteiger partial charge in [-0.25, -0.2) is 12.8 Å². The molecule has 5 rings (SSSR count). The Labute approximate surface area is 273 Å². The molecule has 1 amide bonds. The number of carboxylic acids is 1. The second-order valence-corrected chi connectivity index (χ2v) is 15.3. The first-order valence-electron chi connectivity index (χ1n) is 15.0. The molecule has 3 aromatic rings. The molecule has 2 fully saturated rings. The highest BCUT2D eigenvalue weighted by Gasteiger charge is 2.56. The number of sulfone groups is 1. The van der Waals surface area contributed by atoms with Gasteiger partial charge in [0.05, 0.1) is 23.6 Å². The second kappa shape index (κ2) is 13.3. The summed E-state index contributed by atoms with van der Waals surface area (Å²) in [6, 6.07) is 18.5. The molecule has 5 unspecified atom stereocenters. The Morgan fingerprint density at radius 2 is 1.76 bits per heavy atom. The molecule has 1 saturated carbocycles. The van der Waals surface area contributed by atoms with Crippen molar-refractivity contribution >= 4 is 44.9 Å². The Morgan fingerprint density at radius 1 is 1.07 bits per heavy atom. The maximum absolute atomic E-state index is 14.9. The number of piperidine rings is 1. The predicted molar refractivity (Wildman–Crippen MR) is 174 cm³/mol. The quantitative estimate of drug-likeness (QED) is 0.196. The molecule has 1 aliphatic carbocycles. The van der Waals surface area contributed by atoms with Gasteiger partial charge in [-0.1, -0.05) is 72.6 Å². The van der Waals surface area contributed by atoms with Gasteiger partial charge in [-0.05, 0) is 84.7 Å². The molecule has 1 heterocycles. The van der Waals surface area contributed by atoms with Gasteiger partial charge < -0.3 is 10.0 Å². The number of aliphatic carboxylic acids is 1. The Balaban J connectivity index is 1.69. The molecule has 1 saturated heterocycles. The molecule has 2 aliphatic rings. The molecular weight excluding hydrogens is 636 g/mol. The van der Waals surface area contributed by atoms with Crippen LogP contribution in [0.3, 0.4) is 0 Å². The van der Waals surface area contributed by atoms with Gasteiger partial charge in [0.2, 0.25) is 5.91 Å². The summed E-state index contributed by atoms with van der Waals surface area (Å²) in [4.78, 5) is 28.8. The van der Waals surface area contributed by atoms with Crippen LogP contribution in [0, 0.1) is 17.2 Å². The van der Waals surface area contributed by atoms with Crippen molar-refractivity contribution in [3.05, 3.63) is 118 Å². The first kappa shape index (κ1) is 33.2. The Kier molecular flexibility index (Phi) is 9.78. The first-order chi connectivity index (χ1) is 21.4. The van der Waals surface area contributed by atoms with Gasteiger partial charge in [0.15, 0.2) is 9.84 Å². The third-order valence-corrected chi connectivity index (χ3v) is 11.9. The summed E-state index contributed by atoms with van der Waals surface area (Å²) < 4.78 is 42.6. The van der Waals surface area contributed by atoms with Crippen LogP contribution in [0.1, 0.15) is 72.9 Å². The smallest absolute Gasteiger partial charge is 0.304 e. The summed E-state index contributed by atoms with van der Waals surface area (Å²) in [5.41, 5.74) is 0.554. The van der Waals surface area contributed by atoms with Gasteiger partial charge in [0.1, 0.15) is 11.1 Å². The number of halogens is 3. The molecule has 5 atom stereocenters. The molecule has 0 bridgehead atoms. The number of rotatable bonds is 12. The molecule has 6 nitrogen and oxygen atoms in total. The van der Waals surface area contributed by atoms with Crippen LogP contribution in [0.2, 0.25) is 10.0 Å². The van der Waals surface area contributed by atoms with Crippen LogP contribution in [0.4, 0.5) is 4.39 Å². The summed E-state index contributed by atoms with van der Waals surface area (Å²) in [5, 5.41) is 9.85. The van der Waals surface area contributed by atoms with Crippen LogP contribution in [-0.4, -0.2) is 42.1 Å². The number of hydrogen-bond donors (Lipinski definition) is 1. The minimum Gasteiger partial charge on any atom is -0.481 e. The van der Waals surface area contributed by atoms with E-state index in [1.165, 1.54) is 24.3 Å². The number of hydrogen-bond acceptors (Lipinski definition) is 4. The minimum atomic E-state index is -4.02. The minimum absolute atomic E-state index is 0.117. The maximum Gasteiger partial charge on any atom is 0.304 e. The van der Waals surface area contributed by atoms with E-state index in [9.17, 15) is 27.5 Å². The monoisotopic (exact) mass is 671 g/mol. The van der Waals surface area contributed by atoms with Crippen LogP contribution >= 0.6 is 23.2 Å². The lowest BCUT2D eigenvalue weighted by Crippen LogP contribution is -2.59. The van der Waals surface area contributed by atoms with E-state index in [0.29, 0.717) is 10.0 Å². The predicted octanol–water partition coefficient (Wildman–Crippen LogP) is 8.18. The Bertz CT molecular complexity index is 1690. The zero-order chi connectivity index (χ0) is 32.5. The van der Waals surface area contributed by atoms with Crippen LogP contribution in [0.5, 0.6) is 0 Å². The van der Waals surface area contributed by atoms with Gasteiger partial charge >= 0.3 is 5.97 Å². The van der Waals surface area contributed by atoms with Crippen LogP contribution in [0.15, 0.2) is 85.5 Å². The largest absolute Gasteiger partial charge is 0.481 e. The fraction of sp³-hybridized carbons (Fsp3) is 0.371. The van der Waals surface area contributed by atoms with Gasteiger partial charge in [-0.15, -0.1) is 6.58 Å². The lowest BCUT2D eigenvalue weighted by atomic mass is 9.65. The van der Waals surface area contributed by atoms with E-state index in [-0.39, 0.29) is 30.2 Å². The van der Waals surface area contributed by atoms with Gasteiger partial charge in [-0.3, -0.25) is 9.59 Å². The van der Waals surface area contributed by atoms with Crippen molar-refractivity contribution in [2.24, 2.45) is 11.3 Å². The zero-order valence-electron chi connectivity index (χ0n) is 24.9. The molecule has 0 spiro atoms. The van der Waals surface area contributed by atoms with E-state index in [1.54, 1.807) is 36.1 Å². The molecule has 0 radical (unpaired) electrons. The highest BCUT2D eigenvalue weighted by molar-refractivity contribution is 7.91. The summed E-state index contributed by atoms with van der Waals surface area (Å²) in [7, 11) is -4.02. The molecule has 10 heteroatoms. The number of likely N-dealkylation sites (tertiary alicyclic amines) is 1. The summed E-state index contributed by atoms with van der Waals surface area (Å²) >= 11 is 12.7. The number of carbonyl (C=O) groups is 2. The third kappa shape index (κ3) is 6.98. The van der Waals surface area contributed by atoms with Crippen molar-refractivity contribution in [3.63, 3.8) is 0 Å². The van der Waals surface area contributed by atoms with E-state index in [1.807, 2.05) is 30.3 Å². The fourth-order valence-corrected chi connectivity index (χ4v) is 9.25. The van der Waals surface area contributed by atoms with Crippen molar-refractivity contribution in [2.75, 3.05) is 5.75 Å². The standard InChI is InChI=1S/C35H36Cl2FNO5S/c1-3-31(25-8-6-10-28(38)18-25)45(43,44)21-30(22-11-12-22)39-33(23-13-15-26(36)16-14-23)29(24-7-5-9-27(37)17-24)19-35(4-2,34(39)42)20-32(40)41/h3,5-10,13-18,22,29-31,33H,1,4,11-12,19-21H2,2H3,(H,40,41). The van der Waals surface area contributed by atoms with Crippen LogP contribution in [0.25, 0.3) is 0 Å². The number of nitrogens with zero attached hydrogens (tertiary/aromatic N) is 1. The normalized spacial score (nSPS) is 23.4. The number of amides is 1. The van der Waals surface area contributed by atoms with Gasteiger partial charge in [0.25, 0.3) is 0 Å². The lowest BCUT2D eigenvalue weighted by Gasteiger charge is -2.53. The molecular formula is C35H36Cl2FNO5S. The highest BCUT2D eigenvalue weighted by Crippen LogP contribution is 2.55. The first-order valence-corrected chi connectivity index (χ1v) is 17.5.